The molecule has 0 saturated carbocycles. The van der Waals surface area contributed by atoms with E-state index in [1.165, 1.54) is 30.5 Å². The second-order valence-electron chi connectivity index (χ2n) is 10.1. The van der Waals surface area contributed by atoms with E-state index >= 15 is 0 Å². The van der Waals surface area contributed by atoms with Crippen molar-refractivity contribution >= 4 is 22.2 Å². The van der Waals surface area contributed by atoms with Crippen molar-refractivity contribution in [3.8, 4) is 11.3 Å². The molecule has 0 spiro atoms. The van der Waals surface area contributed by atoms with Crippen LogP contribution >= 0.6 is 0 Å². The zero-order valence-electron chi connectivity index (χ0n) is 22.1. The number of carbonyl (C=O) groups excluding carboxylic acids is 1. The van der Waals surface area contributed by atoms with E-state index in [4.69, 9.17) is 4.74 Å². The predicted molar refractivity (Wildman–Crippen MR) is 148 cm³/mol. The molecule has 12 heteroatoms. The third-order valence-electron chi connectivity index (χ3n) is 7.31. The molecule has 2 aromatic heterocycles. The molecule has 8 nitrogen and oxygen atoms in total. The van der Waals surface area contributed by atoms with Crippen molar-refractivity contribution in [2.75, 3.05) is 32.8 Å². The number of nitrogens with zero attached hydrogens (tertiary/aromatic N) is 3. The van der Waals surface area contributed by atoms with Crippen molar-refractivity contribution in [2.45, 2.75) is 12.2 Å². The molecule has 3 heterocycles. The Bertz CT molecular complexity index is 1830. The Morgan fingerprint density at radius 2 is 1.74 bits per heavy atom. The summed E-state index contributed by atoms with van der Waals surface area (Å²) < 4.78 is 62.9. The number of aromatic nitrogens is 3. The third kappa shape index (κ3) is 5.50. The number of hydrogen-bond donors (Lipinski definition) is 2. The van der Waals surface area contributed by atoms with E-state index in [0.29, 0.717) is 37.4 Å². The van der Waals surface area contributed by atoms with Crippen molar-refractivity contribution in [3.05, 3.63) is 106 Å². The maximum atomic E-state index is 14.4. The number of benzene rings is 3. The molecule has 1 unspecified atom stereocenters. The van der Waals surface area contributed by atoms with E-state index in [9.17, 15) is 27.2 Å². The maximum Gasteiger partial charge on any atom is 0.421 e. The number of fused-ring (bicyclic) bond motifs is 2. The van der Waals surface area contributed by atoms with E-state index in [1.54, 1.807) is 12.1 Å². The van der Waals surface area contributed by atoms with Gasteiger partial charge in [0.25, 0.3) is 11.5 Å². The lowest BCUT2D eigenvalue weighted by atomic mass is 10.0. The highest BCUT2D eigenvalue weighted by Gasteiger charge is 2.42. The molecule has 216 valence electrons. The van der Waals surface area contributed by atoms with Crippen molar-refractivity contribution in [3.63, 3.8) is 0 Å². The molecule has 42 heavy (non-hydrogen) atoms. The van der Waals surface area contributed by atoms with Crippen molar-refractivity contribution < 1.29 is 27.1 Å². The fraction of sp³-hybridized carbons (Fsp3) is 0.233. The molecule has 1 amide bonds. The summed E-state index contributed by atoms with van der Waals surface area (Å²) in [4.78, 5) is 31.1. The molecule has 0 aliphatic carbocycles. The molecule has 1 fully saturated rings. The standard InChI is InChI=1S/C30H25F4N5O3/c31-22-9-7-19(8-10-22)23(16-38-11-13-42-14-12-38)35-28(40)26-25(30(32,33)34)27-29(41)36-24(17-39(27)37-26)21-6-5-18-3-1-2-4-20(18)15-21/h1-10,15,17,23H,11-14,16H2,(H,35,40)(H,36,41). The summed E-state index contributed by atoms with van der Waals surface area (Å²) >= 11 is 0. The van der Waals surface area contributed by atoms with Crippen LogP contribution in [-0.2, 0) is 10.9 Å². The summed E-state index contributed by atoms with van der Waals surface area (Å²) in [6, 6.07) is 17.5. The van der Waals surface area contributed by atoms with E-state index < -0.39 is 46.3 Å². The summed E-state index contributed by atoms with van der Waals surface area (Å²) in [6.07, 6.45) is -3.79. The van der Waals surface area contributed by atoms with Crippen LogP contribution in [0.1, 0.15) is 27.7 Å². The number of morpholine rings is 1. The fourth-order valence-corrected chi connectivity index (χ4v) is 5.21. The zero-order valence-corrected chi connectivity index (χ0v) is 22.1. The lowest BCUT2D eigenvalue weighted by molar-refractivity contribution is -0.136. The molecule has 0 bridgehead atoms. The summed E-state index contributed by atoms with van der Waals surface area (Å²) in [5, 5.41) is 8.44. The molecular formula is C30H25F4N5O3. The Kier molecular flexibility index (Phi) is 7.25. The SMILES string of the molecule is O=C(NC(CN1CCOCC1)c1ccc(F)cc1)c1nn2cc(-c3ccc4ccccc4c3)[nH]c(=O)c2c1C(F)(F)F. The van der Waals surface area contributed by atoms with E-state index in [0.717, 1.165) is 15.3 Å². The number of rotatable bonds is 6. The average molecular weight is 580 g/mol. The largest absolute Gasteiger partial charge is 0.421 e. The van der Waals surface area contributed by atoms with E-state index in [2.05, 4.69) is 15.4 Å². The van der Waals surface area contributed by atoms with Gasteiger partial charge in [0, 0.05) is 25.2 Å². The first-order valence-electron chi connectivity index (χ1n) is 13.3. The first-order valence-corrected chi connectivity index (χ1v) is 13.3. The molecule has 1 aliphatic heterocycles. The average Bonchev–Trinajstić information content (AvgIpc) is 3.39. The van der Waals surface area contributed by atoms with Gasteiger partial charge < -0.3 is 15.0 Å². The Labute approximate surface area is 236 Å². The number of hydrogen-bond acceptors (Lipinski definition) is 5. The highest BCUT2D eigenvalue weighted by atomic mass is 19.4. The molecule has 2 N–H and O–H groups in total. The van der Waals surface area contributed by atoms with Gasteiger partial charge in [0.15, 0.2) is 5.69 Å². The van der Waals surface area contributed by atoms with Crippen LogP contribution < -0.4 is 10.9 Å². The van der Waals surface area contributed by atoms with Gasteiger partial charge in [-0.1, -0.05) is 48.5 Å². The lowest BCUT2D eigenvalue weighted by Gasteiger charge is -2.31. The van der Waals surface area contributed by atoms with Gasteiger partial charge in [0.05, 0.1) is 31.1 Å². The summed E-state index contributed by atoms with van der Waals surface area (Å²) in [5.41, 5.74) is -2.90. The second kappa shape index (κ2) is 11.0. The van der Waals surface area contributed by atoms with E-state index in [-0.39, 0.29) is 12.2 Å². The highest BCUT2D eigenvalue weighted by Crippen LogP contribution is 2.35. The van der Waals surface area contributed by atoms with Crippen LogP contribution in [0, 0.1) is 5.82 Å². The topological polar surface area (TPSA) is 91.7 Å². The molecular weight excluding hydrogens is 554 g/mol. The molecule has 5 aromatic rings. The van der Waals surface area contributed by atoms with Crippen molar-refractivity contribution in [2.24, 2.45) is 0 Å². The monoisotopic (exact) mass is 579 g/mol. The maximum absolute atomic E-state index is 14.4. The van der Waals surface area contributed by atoms with Gasteiger partial charge in [-0.15, -0.1) is 0 Å². The summed E-state index contributed by atoms with van der Waals surface area (Å²) in [7, 11) is 0. The Balaban J connectivity index is 1.40. The molecule has 0 radical (unpaired) electrons. The van der Waals surface area contributed by atoms with E-state index in [1.807, 2.05) is 35.2 Å². The number of carbonyl (C=O) groups is 1. The Morgan fingerprint density at radius 1 is 1.02 bits per heavy atom. The van der Waals surface area contributed by atoms with Crippen LogP contribution in [0.4, 0.5) is 17.6 Å². The molecule has 1 saturated heterocycles. The first-order chi connectivity index (χ1) is 20.2. The van der Waals surface area contributed by atoms with Gasteiger partial charge >= 0.3 is 6.18 Å². The van der Waals surface area contributed by atoms with Gasteiger partial charge in [-0.25, -0.2) is 8.91 Å². The number of nitrogens with one attached hydrogen (secondary N) is 2. The van der Waals surface area contributed by atoms with Crippen LogP contribution in [0.2, 0.25) is 0 Å². The van der Waals surface area contributed by atoms with Gasteiger partial charge in [0.1, 0.15) is 16.9 Å². The molecule has 3 aromatic carbocycles. The van der Waals surface area contributed by atoms with Gasteiger partial charge in [-0.2, -0.15) is 18.3 Å². The van der Waals surface area contributed by atoms with Gasteiger partial charge in [-0.3, -0.25) is 14.5 Å². The van der Waals surface area contributed by atoms with Crippen molar-refractivity contribution in [1.82, 2.24) is 24.8 Å². The smallest absolute Gasteiger partial charge is 0.379 e. The minimum absolute atomic E-state index is 0.234. The number of halogens is 4. The third-order valence-corrected chi connectivity index (χ3v) is 7.31. The summed E-state index contributed by atoms with van der Waals surface area (Å²) in [6.45, 7) is 2.31. The second-order valence-corrected chi connectivity index (χ2v) is 10.1. The van der Waals surface area contributed by atoms with Crippen LogP contribution in [-0.4, -0.2) is 58.3 Å². The number of amides is 1. The Hall–Kier alpha value is -4.55. The van der Waals surface area contributed by atoms with Crippen LogP contribution in [0.15, 0.2) is 77.7 Å². The number of alkyl halides is 3. The fourth-order valence-electron chi connectivity index (χ4n) is 5.21. The minimum atomic E-state index is -5.05. The minimum Gasteiger partial charge on any atom is -0.379 e. The number of ether oxygens (including phenoxy) is 1. The van der Waals surface area contributed by atoms with Crippen molar-refractivity contribution in [1.29, 1.82) is 0 Å². The molecule has 1 aliphatic rings. The molecule has 6 rings (SSSR count). The quantitative estimate of drug-likeness (QED) is 0.282. The van der Waals surface area contributed by atoms with Crippen LogP contribution in [0.25, 0.3) is 27.5 Å². The van der Waals surface area contributed by atoms with Gasteiger partial charge in [0.2, 0.25) is 0 Å². The van der Waals surface area contributed by atoms with Gasteiger partial charge in [-0.05, 0) is 34.5 Å². The summed E-state index contributed by atoms with van der Waals surface area (Å²) in [5.74, 6) is -1.60. The zero-order chi connectivity index (χ0) is 29.4. The van der Waals surface area contributed by atoms with Crippen LogP contribution in [0.5, 0.6) is 0 Å². The molecule has 1 atom stereocenters. The Morgan fingerprint density at radius 3 is 2.45 bits per heavy atom. The number of aromatic amines is 1. The normalized spacial score (nSPS) is 15.2. The van der Waals surface area contributed by atoms with Crippen LogP contribution in [0.3, 0.4) is 0 Å². The highest BCUT2D eigenvalue weighted by molar-refractivity contribution is 5.96. The lowest BCUT2D eigenvalue weighted by Crippen LogP contribution is -2.43. The predicted octanol–water partition coefficient (Wildman–Crippen LogP) is 4.80. The number of H-pyrrole nitrogens is 1. The first kappa shape index (κ1) is 27.6.